The molecule has 0 fully saturated rings. The van der Waals surface area contributed by atoms with E-state index in [0.29, 0.717) is 17.9 Å². The van der Waals surface area contributed by atoms with Crippen LogP contribution >= 0.6 is 0 Å². The van der Waals surface area contributed by atoms with Gasteiger partial charge in [-0.3, -0.25) is 0 Å². The molecule has 2 rings (SSSR count). The number of nitrogens with one attached hydrogen (secondary N) is 1. The van der Waals surface area contributed by atoms with E-state index in [0.717, 1.165) is 0 Å². The zero-order valence-corrected chi connectivity index (χ0v) is 11.8. The number of fused-ring (bicyclic) bond motifs is 1. The van der Waals surface area contributed by atoms with E-state index < -0.39 is 0 Å². The van der Waals surface area contributed by atoms with Crippen LogP contribution in [0, 0.1) is 5.92 Å². The van der Waals surface area contributed by atoms with Crippen molar-refractivity contribution in [3.05, 3.63) is 48.0 Å². The quantitative estimate of drug-likeness (QED) is 0.846. The monoisotopic (exact) mass is 241 g/mol. The molecule has 0 saturated heterocycles. The SMILES string of the molecule is CNC(C(C)C)C(C)c1ccc2ccccc2c1. The molecule has 0 heterocycles. The summed E-state index contributed by atoms with van der Waals surface area (Å²) >= 11 is 0. The van der Waals surface area contributed by atoms with E-state index >= 15 is 0 Å². The van der Waals surface area contributed by atoms with Crippen molar-refractivity contribution < 1.29 is 0 Å². The molecule has 1 nitrogen and oxygen atoms in total. The first-order valence-electron chi connectivity index (χ1n) is 6.79. The van der Waals surface area contributed by atoms with Crippen LogP contribution in [0.15, 0.2) is 42.5 Å². The normalized spacial score (nSPS) is 14.9. The van der Waals surface area contributed by atoms with Gasteiger partial charge in [-0.25, -0.2) is 0 Å². The Morgan fingerprint density at radius 1 is 0.889 bits per heavy atom. The molecular formula is C17H23N. The number of hydrogen-bond donors (Lipinski definition) is 1. The summed E-state index contributed by atoms with van der Waals surface area (Å²) in [4.78, 5) is 0. The Hall–Kier alpha value is -1.34. The van der Waals surface area contributed by atoms with Crippen molar-refractivity contribution in [1.29, 1.82) is 0 Å². The Labute approximate surface area is 110 Å². The lowest BCUT2D eigenvalue weighted by atomic mass is 9.86. The summed E-state index contributed by atoms with van der Waals surface area (Å²) in [6.45, 7) is 6.86. The predicted octanol–water partition coefficient (Wildman–Crippen LogP) is 4.19. The summed E-state index contributed by atoms with van der Waals surface area (Å²) in [7, 11) is 2.06. The van der Waals surface area contributed by atoms with Crippen molar-refractivity contribution in [2.24, 2.45) is 5.92 Å². The Bertz CT molecular complexity index is 516. The van der Waals surface area contributed by atoms with Crippen LogP contribution in [0.1, 0.15) is 32.3 Å². The summed E-state index contributed by atoms with van der Waals surface area (Å²) in [6.07, 6.45) is 0. The maximum absolute atomic E-state index is 3.45. The van der Waals surface area contributed by atoms with Crippen molar-refractivity contribution in [2.75, 3.05) is 7.05 Å². The average molecular weight is 241 g/mol. The number of rotatable bonds is 4. The molecule has 0 spiro atoms. The van der Waals surface area contributed by atoms with Crippen molar-refractivity contribution in [3.63, 3.8) is 0 Å². The van der Waals surface area contributed by atoms with Crippen molar-refractivity contribution in [1.82, 2.24) is 5.32 Å². The van der Waals surface area contributed by atoms with Crippen molar-refractivity contribution in [3.8, 4) is 0 Å². The highest BCUT2D eigenvalue weighted by atomic mass is 14.9. The largest absolute Gasteiger partial charge is 0.316 e. The van der Waals surface area contributed by atoms with Gasteiger partial charge in [0.15, 0.2) is 0 Å². The average Bonchev–Trinajstić information content (AvgIpc) is 2.38. The molecule has 2 aromatic carbocycles. The Balaban J connectivity index is 2.35. The number of hydrogen-bond acceptors (Lipinski definition) is 1. The fourth-order valence-corrected chi connectivity index (χ4v) is 2.86. The molecule has 2 unspecified atom stereocenters. The molecule has 0 saturated carbocycles. The first-order chi connectivity index (χ1) is 8.63. The molecule has 1 heteroatoms. The number of likely N-dealkylation sites (N-methyl/N-ethyl adjacent to an activating group) is 1. The van der Waals surface area contributed by atoms with Crippen LogP contribution in [0.4, 0.5) is 0 Å². The Kier molecular flexibility index (Phi) is 4.03. The molecule has 0 aliphatic heterocycles. The maximum Gasteiger partial charge on any atom is 0.0153 e. The Morgan fingerprint density at radius 3 is 2.17 bits per heavy atom. The standard InChI is InChI=1S/C17H23N/c1-12(2)17(18-4)13(3)15-10-9-14-7-5-6-8-16(14)11-15/h5-13,17-18H,1-4H3. The van der Waals surface area contributed by atoms with Gasteiger partial charge in [-0.05, 0) is 35.2 Å². The van der Waals surface area contributed by atoms with Crippen LogP contribution in [0.3, 0.4) is 0 Å². The molecule has 96 valence electrons. The lowest BCUT2D eigenvalue weighted by molar-refractivity contribution is 0.376. The van der Waals surface area contributed by atoms with Gasteiger partial charge in [0.05, 0.1) is 0 Å². The van der Waals surface area contributed by atoms with Gasteiger partial charge in [0, 0.05) is 6.04 Å². The van der Waals surface area contributed by atoms with Gasteiger partial charge in [-0.2, -0.15) is 0 Å². The first-order valence-corrected chi connectivity index (χ1v) is 6.79. The second kappa shape index (κ2) is 5.53. The van der Waals surface area contributed by atoms with Gasteiger partial charge >= 0.3 is 0 Å². The highest BCUT2D eigenvalue weighted by Gasteiger charge is 2.20. The summed E-state index contributed by atoms with van der Waals surface area (Å²) in [5.74, 6) is 1.16. The van der Waals surface area contributed by atoms with E-state index in [9.17, 15) is 0 Å². The second-order valence-corrected chi connectivity index (χ2v) is 5.45. The van der Waals surface area contributed by atoms with Crippen molar-refractivity contribution >= 4 is 10.8 Å². The van der Waals surface area contributed by atoms with Crippen LogP contribution < -0.4 is 5.32 Å². The third kappa shape index (κ3) is 2.56. The van der Waals surface area contributed by atoms with Gasteiger partial charge in [0.2, 0.25) is 0 Å². The zero-order valence-electron chi connectivity index (χ0n) is 11.8. The van der Waals surface area contributed by atoms with Gasteiger partial charge in [0.25, 0.3) is 0 Å². The Morgan fingerprint density at radius 2 is 1.56 bits per heavy atom. The molecule has 0 aliphatic carbocycles. The van der Waals surface area contributed by atoms with E-state index in [-0.39, 0.29) is 0 Å². The van der Waals surface area contributed by atoms with E-state index in [2.05, 4.69) is 75.6 Å². The minimum Gasteiger partial charge on any atom is -0.316 e. The fourth-order valence-electron chi connectivity index (χ4n) is 2.86. The molecule has 0 aliphatic rings. The van der Waals surface area contributed by atoms with Gasteiger partial charge < -0.3 is 5.32 Å². The number of benzene rings is 2. The summed E-state index contributed by atoms with van der Waals surface area (Å²) in [6, 6.07) is 15.9. The third-order valence-corrected chi connectivity index (χ3v) is 3.89. The lowest BCUT2D eigenvalue weighted by Crippen LogP contribution is -2.35. The fraction of sp³-hybridized carbons (Fsp3) is 0.412. The lowest BCUT2D eigenvalue weighted by Gasteiger charge is -2.27. The molecule has 2 atom stereocenters. The van der Waals surface area contributed by atoms with Crippen LogP contribution in [0.2, 0.25) is 0 Å². The minimum atomic E-state index is 0.520. The molecule has 18 heavy (non-hydrogen) atoms. The molecule has 1 N–H and O–H groups in total. The maximum atomic E-state index is 3.45. The van der Waals surface area contributed by atoms with Crippen molar-refractivity contribution in [2.45, 2.75) is 32.7 Å². The van der Waals surface area contributed by atoms with Crippen LogP contribution in [-0.2, 0) is 0 Å². The molecule has 0 amide bonds. The van der Waals surface area contributed by atoms with E-state index in [4.69, 9.17) is 0 Å². The summed E-state index contributed by atoms with van der Waals surface area (Å²) < 4.78 is 0. The first kappa shape index (κ1) is 13.1. The van der Waals surface area contributed by atoms with Gasteiger partial charge in [-0.15, -0.1) is 0 Å². The predicted molar refractivity (Wildman–Crippen MR) is 80.0 cm³/mol. The molecule has 2 aromatic rings. The van der Waals surface area contributed by atoms with E-state index in [1.807, 2.05) is 0 Å². The van der Waals surface area contributed by atoms with Gasteiger partial charge in [-0.1, -0.05) is 63.2 Å². The molecular weight excluding hydrogens is 218 g/mol. The highest BCUT2D eigenvalue weighted by Crippen LogP contribution is 2.26. The third-order valence-electron chi connectivity index (χ3n) is 3.89. The van der Waals surface area contributed by atoms with Crippen LogP contribution in [-0.4, -0.2) is 13.1 Å². The zero-order chi connectivity index (χ0) is 13.1. The summed E-state index contributed by atoms with van der Waals surface area (Å²) in [5.41, 5.74) is 1.42. The van der Waals surface area contributed by atoms with Crippen LogP contribution in [0.25, 0.3) is 10.8 Å². The van der Waals surface area contributed by atoms with E-state index in [1.54, 1.807) is 0 Å². The van der Waals surface area contributed by atoms with Crippen LogP contribution in [0.5, 0.6) is 0 Å². The smallest absolute Gasteiger partial charge is 0.0153 e. The molecule has 0 bridgehead atoms. The molecule has 0 radical (unpaired) electrons. The highest BCUT2D eigenvalue weighted by molar-refractivity contribution is 5.83. The summed E-state index contributed by atoms with van der Waals surface area (Å²) in [5, 5.41) is 6.10. The molecule has 0 aromatic heterocycles. The topological polar surface area (TPSA) is 12.0 Å². The van der Waals surface area contributed by atoms with Gasteiger partial charge in [0.1, 0.15) is 0 Å². The van der Waals surface area contributed by atoms with E-state index in [1.165, 1.54) is 16.3 Å². The minimum absolute atomic E-state index is 0.520. The second-order valence-electron chi connectivity index (χ2n) is 5.45.